The fourth-order valence-corrected chi connectivity index (χ4v) is 3.01. The maximum atomic E-state index is 12.6. The minimum atomic E-state index is -0.969. The number of aromatic hydroxyl groups is 1. The largest absolute Gasteiger partial charge is 0.617 e. The summed E-state index contributed by atoms with van der Waals surface area (Å²) in [5.41, 5.74) is -0.867. The van der Waals surface area contributed by atoms with Crippen LogP contribution in [-0.2, 0) is 0 Å². The minimum absolute atomic E-state index is 0.0386. The van der Waals surface area contributed by atoms with E-state index in [1.807, 2.05) is 0 Å². The Kier molecular flexibility index (Phi) is 6.34. The first-order valence-corrected chi connectivity index (χ1v) is 8.47. The molecule has 2 aromatic rings. The van der Waals surface area contributed by atoms with Crippen LogP contribution in [0.5, 0.6) is 11.5 Å². The standard InChI is InChI=1S/C16H14Cl2N4O7/c1-6-11(14(18)21(26)7(2)12(6)17)15(20-25)19-16(24)8-4-9(22(27)28)13(23)10(5-8)29-3/h4-5,23,25H,1-3H3,(H,19,20,24). The Hall–Kier alpha value is -3.31. The highest BCUT2D eigenvalue weighted by atomic mass is 35.5. The number of nitro groups is 1. The van der Waals surface area contributed by atoms with Crippen molar-refractivity contribution < 1.29 is 29.5 Å². The van der Waals surface area contributed by atoms with Gasteiger partial charge in [0.1, 0.15) is 10.6 Å². The first kappa shape index (κ1) is 22.0. The molecular weight excluding hydrogens is 431 g/mol. The lowest BCUT2D eigenvalue weighted by Crippen LogP contribution is -2.38. The summed E-state index contributed by atoms with van der Waals surface area (Å²) < 4.78 is 5.12. The van der Waals surface area contributed by atoms with Crippen LogP contribution in [0.15, 0.2) is 17.3 Å². The normalized spacial score (nSPS) is 11.3. The Morgan fingerprint density at radius 2 is 1.97 bits per heavy atom. The number of nitrogens with one attached hydrogen (secondary N) is 1. The van der Waals surface area contributed by atoms with Crippen LogP contribution in [0.3, 0.4) is 0 Å². The van der Waals surface area contributed by atoms with E-state index in [1.165, 1.54) is 13.8 Å². The van der Waals surface area contributed by atoms with Crippen molar-refractivity contribution in [2.24, 2.45) is 5.16 Å². The molecule has 154 valence electrons. The lowest BCUT2D eigenvalue weighted by atomic mass is 10.1. The monoisotopic (exact) mass is 444 g/mol. The summed E-state index contributed by atoms with van der Waals surface area (Å²) in [6.07, 6.45) is 0. The van der Waals surface area contributed by atoms with E-state index in [1.54, 1.807) is 0 Å². The molecule has 0 atom stereocenters. The number of amidine groups is 1. The maximum absolute atomic E-state index is 12.6. The molecule has 0 spiro atoms. The lowest BCUT2D eigenvalue weighted by Gasteiger charge is -2.14. The first-order chi connectivity index (χ1) is 13.5. The van der Waals surface area contributed by atoms with Crippen LogP contribution < -0.4 is 14.8 Å². The van der Waals surface area contributed by atoms with Gasteiger partial charge < -0.3 is 25.6 Å². The Bertz CT molecular complexity index is 1030. The molecule has 0 saturated carbocycles. The Labute approximate surface area is 173 Å². The number of carbonyl (C=O) groups is 1. The molecule has 1 amide bonds. The number of nitro benzene ring substituents is 1. The van der Waals surface area contributed by atoms with E-state index < -0.39 is 33.3 Å². The molecule has 29 heavy (non-hydrogen) atoms. The highest BCUT2D eigenvalue weighted by Crippen LogP contribution is 2.37. The van der Waals surface area contributed by atoms with Gasteiger partial charge in [0.2, 0.25) is 11.4 Å². The van der Waals surface area contributed by atoms with Gasteiger partial charge in [0.15, 0.2) is 11.6 Å². The second kappa shape index (κ2) is 8.37. The van der Waals surface area contributed by atoms with E-state index in [9.17, 15) is 30.4 Å². The molecule has 0 radical (unpaired) electrons. The molecule has 2 rings (SSSR count). The molecule has 3 N–H and O–H groups in total. The number of rotatable bonds is 4. The average molecular weight is 445 g/mol. The fourth-order valence-electron chi connectivity index (χ4n) is 2.49. The molecular formula is C16H14Cl2N4O7. The number of nitrogens with zero attached hydrogens (tertiary/aromatic N) is 3. The predicted octanol–water partition coefficient (Wildman–Crippen LogP) is 2.43. The summed E-state index contributed by atoms with van der Waals surface area (Å²) in [5, 5.41) is 47.1. The van der Waals surface area contributed by atoms with E-state index in [0.29, 0.717) is 0 Å². The van der Waals surface area contributed by atoms with Gasteiger partial charge in [-0.2, -0.15) is 4.73 Å². The van der Waals surface area contributed by atoms with Crippen LogP contribution in [0.1, 0.15) is 27.2 Å². The summed E-state index contributed by atoms with van der Waals surface area (Å²) in [6.45, 7) is 2.91. The molecule has 0 bridgehead atoms. The zero-order chi connectivity index (χ0) is 22.0. The number of pyridine rings is 1. The quantitative estimate of drug-likeness (QED) is 0.0952. The first-order valence-electron chi connectivity index (χ1n) is 7.71. The van der Waals surface area contributed by atoms with Crippen LogP contribution in [0.4, 0.5) is 5.69 Å². The Balaban J connectivity index is 2.53. The molecule has 0 aliphatic carbocycles. The van der Waals surface area contributed by atoms with Crippen molar-refractivity contribution in [3.05, 3.63) is 60.0 Å². The smallest absolute Gasteiger partial charge is 0.315 e. The molecule has 0 fully saturated rings. The van der Waals surface area contributed by atoms with Gasteiger partial charge in [-0.25, -0.2) is 0 Å². The molecule has 0 unspecified atom stereocenters. The van der Waals surface area contributed by atoms with Gasteiger partial charge in [-0.05, 0) is 30.2 Å². The molecule has 11 nitrogen and oxygen atoms in total. The van der Waals surface area contributed by atoms with E-state index in [-0.39, 0.29) is 37.9 Å². The molecule has 0 aliphatic rings. The topological polar surface area (TPSA) is 161 Å². The summed E-state index contributed by atoms with van der Waals surface area (Å²) in [6, 6.07) is 1.84. The van der Waals surface area contributed by atoms with Gasteiger partial charge in [0.05, 0.1) is 17.6 Å². The Morgan fingerprint density at radius 3 is 2.48 bits per heavy atom. The summed E-state index contributed by atoms with van der Waals surface area (Å²) in [4.78, 5) is 22.8. The van der Waals surface area contributed by atoms with E-state index in [4.69, 9.17) is 27.9 Å². The predicted molar refractivity (Wildman–Crippen MR) is 102 cm³/mol. The minimum Gasteiger partial charge on any atom is -0.617 e. The Morgan fingerprint density at radius 1 is 1.34 bits per heavy atom. The van der Waals surface area contributed by atoms with Gasteiger partial charge in [0.25, 0.3) is 11.1 Å². The number of phenolic OH excluding ortho intramolecular Hbond substituents is 1. The zero-order valence-electron chi connectivity index (χ0n) is 15.2. The van der Waals surface area contributed by atoms with Crippen molar-refractivity contribution in [3.63, 3.8) is 0 Å². The zero-order valence-corrected chi connectivity index (χ0v) is 16.7. The molecule has 1 aromatic carbocycles. The van der Waals surface area contributed by atoms with Crippen molar-refractivity contribution >= 4 is 40.6 Å². The summed E-state index contributed by atoms with van der Waals surface area (Å²) in [5.74, 6) is -2.57. The van der Waals surface area contributed by atoms with Crippen molar-refractivity contribution in [2.75, 3.05) is 7.11 Å². The van der Waals surface area contributed by atoms with Crippen molar-refractivity contribution in [3.8, 4) is 11.5 Å². The van der Waals surface area contributed by atoms with Gasteiger partial charge in [-0.3, -0.25) is 14.9 Å². The van der Waals surface area contributed by atoms with Crippen LogP contribution in [-0.4, -0.2) is 34.1 Å². The number of carbonyl (C=O) groups excluding carboxylic acids is 1. The highest BCUT2D eigenvalue weighted by molar-refractivity contribution is 6.35. The second-order valence-electron chi connectivity index (χ2n) is 5.69. The third-order valence-corrected chi connectivity index (χ3v) is 4.91. The summed E-state index contributed by atoms with van der Waals surface area (Å²) >= 11 is 12.1. The van der Waals surface area contributed by atoms with E-state index in [0.717, 1.165) is 19.2 Å². The van der Waals surface area contributed by atoms with Crippen LogP contribution in [0.25, 0.3) is 0 Å². The third-order valence-electron chi connectivity index (χ3n) is 4.01. The third kappa shape index (κ3) is 3.96. The highest BCUT2D eigenvalue weighted by Gasteiger charge is 2.28. The number of benzene rings is 1. The number of hydrogen-bond acceptors (Lipinski definition) is 8. The summed E-state index contributed by atoms with van der Waals surface area (Å²) in [7, 11) is 1.14. The van der Waals surface area contributed by atoms with Crippen LogP contribution in [0.2, 0.25) is 10.2 Å². The fraction of sp³-hybridized carbons (Fsp3) is 0.188. The molecule has 13 heteroatoms. The molecule has 1 aromatic heterocycles. The number of oxime groups is 1. The van der Waals surface area contributed by atoms with Crippen LogP contribution in [0, 0.1) is 29.2 Å². The number of halogens is 2. The number of ether oxygens (including phenoxy) is 1. The number of phenols is 1. The lowest BCUT2D eigenvalue weighted by molar-refractivity contribution is -0.610. The van der Waals surface area contributed by atoms with Crippen LogP contribution >= 0.6 is 23.2 Å². The SMILES string of the molecule is COc1cc(C(=O)N/C(=N\O)c2c(C)c(Cl)c(C)[n+]([O-])c2Cl)cc([N+](=O)[O-])c1O. The number of aromatic nitrogens is 1. The van der Waals surface area contributed by atoms with Gasteiger partial charge in [-0.15, -0.1) is 0 Å². The maximum Gasteiger partial charge on any atom is 0.315 e. The number of hydrogen-bond donors (Lipinski definition) is 3. The number of amides is 1. The van der Waals surface area contributed by atoms with Crippen molar-refractivity contribution in [2.45, 2.75) is 13.8 Å². The molecule has 0 saturated heterocycles. The number of methoxy groups -OCH3 is 1. The van der Waals surface area contributed by atoms with Crippen molar-refractivity contribution in [1.29, 1.82) is 0 Å². The average Bonchev–Trinajstić information content (AvgIpc) is 2.69. The van der Waals surface area contributed by atoms with E-state index in [2.05, 4.69) is 10.5 Å². The van der Waals surface area contributed by atoms with Crippen molar-refractivity contribution in [1.82, 2.24) is 5.32 Å². The van der Waals surface area contributed by atoms with Gasteiger partial charge >= 0.3 is 5.69 Å². The van der Waals surface area contributed by atoms with Gasteiger partial charge in [0, 0.05) is 13.0 Å². The molecule has 1 heterocycles. The second-order valence-corrected chi connectivity index (χ2v) is 6.43. The van der Waals surface area contributed by atoms with Gasteiger partial charge in [-0.1, -0.05) is 16.8 Å². The van der Waals surface area contributed by atoms with E-state index >= 15 is 0 Å². The molecule has 0 aliphatic heterocycles.